The van der Waals surface area contributed by atoms with E-state index in [0.29, 0.717) is 4.47 Å². The Morgan fingerprint density at radius 2 is 2.20 bits per heavy atom. The minimum atomic E-state index is 0.655. The van der Waals surface area contributed by atoms with E-state index in [1.54, 1.807) is 0 Å². The molecule has 0 radical (unpaired) electrons. The van der Waals surface area contributed by atoms with E-state index in [1.165, 1.54) is 43.4 Å². The van der Waals surface area contributed by atoms with Gasteiger partial charge in [0.05, 0.1) is 5.69 Å². The Hall–Kier alpha value is -0.120. The highest BCUT2D eigenvalue weighted by Crippen LogP contribution is 2.23. The summed E-state index contributed by atoms with van der Waals surface area (Å²) in [4.78, 5) is 6.71. The number of nitrogens with zero attached hydrogens (tertiary/aromatic N) is 2. The van der Waals surface area contributed by atoms with Crippen molar-refractivity contribution in [3.05, 3.63) is 15.5 Å². The first kappa shape index (κ1) is 11.4. The van der Waals surface area contributed by atoms with Crippen molar-refractivity contribution in [1.29, 1.82) is 0 Å². The third-order valence-corrected chi connectivity index (χ3v) is 4.16. The first-order chi connectivity index (χ1) is 7.25. The predicted molar refractivity (Wildman–Crippen MR) is 65.5 cm³/mol. The van der Waals surface area contributed by atoms with Gasteiger partial charge >= 0.3 is 0 Å². The Labute approximate surface area is 100 Å². The number of hydrogen-bond donors (Lipinski definition) is 0. The Balaban J connectivity index is 1.88. The fraction of sp³-hybridized carbons (Fsp3) is 0.727. The molecule has 1 aliphatic carbocycles. The lowest BCUT2D eigenvalue weighted by atomic mass is 9.94. The summed E-state index contributed by atoms with van der Waals surface area (Å²) in [6, 6.07) is 0.749. The van der Waals surface area contributed by atoms with Crippen LogP contribution in [-0.2, 0) is 6.54 Å². The van der Waals surface area contributed by atoms with Crippen molar-refractivity contribution in [3.63, 3.8) is 0 Å². The second kappa shape index (κ2) is 5.28. The largest absolute Gasteiger partial charge is 0.298 e. The van der Waals surface area contributed by atoms with Crippen LogP contribution in [0.4, 0.5) is 0 Å². The SMILES string of the molecule is CN(Cc1csc(Cl)n1)C1CCCCC1. The van der Waals surface area contributed by atoms with Crippen molar-refractivity contribution in [2.75, 3.05) is 7.05 Å². The lowest BCUT2D eigenvalue weighted by Crippen LogP contribution is -2.32. The molecule has 0 unspecified atom stereocenters. The summed E-state index contributed by atoms with van der Waals surface area (Å²) in [5.74, 6) is 0. The fourth-order valence-electron chi connectivity index (χ4n) is 2.26. The molecule has 1 heterocycles. The van der Waals surface area contributed by atoms with Crippen LogP contribution in [0.1, 0.15) is 37.8 Å². The molecule has 0 spiro atoms. The van der Waals surface area contributed by atoms with E-state index in [9.17, 15) is 0 Å². The number of rotatable bonds is 3. The van der Waals surface area contributed by atoms with Gasteiger partial charge in [0.15, 0.2) is 4.47 Å². The molecule has 0 amide bonds. The van der Waals surface area contributed by atoms with E-state index in [1.807, 2.05) is 0 Å². The van der Waals surface area contributed by atoms with Crippen LogP contribution in [0.15, 0.2) is 5.38 Å². The molecule has 1 saturated carbocycles. The monoisotopic (exact) mass is 244 g/mol. The molecule has 1 fully saturated rings. The summed E-state index contributed by atoms with van der Waals surface area (Å²) < 4.78 is 0.655. The molecule has 1 aromatic heterocycles. The van der Waals surface area contributed by atoms with Gasteiger partial charge in [0, 0.05) is 18.0 Å². The van der Waals surface area contributed by atoms with Crippen LogP contribution >= 0.6 is 22.9 Å². The van der Waals surface area contributed by atoms with Gasteiger partial charge in [0.25, 0.3) is 0 Å². The Morgan fingerprint density at radius 3 is 2.80 bits per heavy atom. The number of thiazole rings is 1. The molecule has 0 aromatic carbocycles. The molecule has 2 rings (SSSR count). The molecule has 84 valence electrons. The van der Waals surface area contributed by atoms with Crippen molar-refractivity contribution in [1.82, 2.24) is 9.88 Å². The van der Waals surface area contributed by atoms with Gasteiger partial charge in [0.2, 0.25) is 0 Å². The average Bonchev–Trinajstić information content (AvgIpc) is 2.65. The molecule has 0 bridgehead atoms. The zero-order chi connectivity index (χ0) is 10.7. The lowest BCUT2D eigenvalue weighted by molar-refractivity contribution is 0.183. The molecule has 4 heteroatoms. The molecule has 2 nitrogen and oxygen atoms in total. The highest BCUT2D eigenvalue weighted by molar-refractivity contribution is 7.13. The van der Waals surface area contributed by atoms with E-state index in [2.05, 4.69) is 22.3 Å². The van der Waals surface area contributed by atoms with Gasteiger partial charge in [0.1, 0.15) is 0 Å². The maximum absolute atomic E-state index is 5.82. The van der Waals surface area contributed by atoms with Gasteiger partial charge in [-0.1, -0.05) is 30.9 Å². The van der Waals surface area contributed by atoms with Crippen LogP contribution in [-0.4, -0.2) is 23.0 Å². The third-order valence-electron chi connectivity index (χ3n) is 3.13. The van der Waals surface area contributed by atoms with E-state index in [4.69, 9.17) is 11.6 Å². The van der Waals surface area contributed by atoms with Crippen molar-refractivity contribution in [2.24, 2.45) is 0 Å². The van der Waals surface area contributed by atoms with Crippen LogP contribution in [0.5, 0.6) is 0 Å². The fourth-order valence-corrected chi connectivity index (χ4v) is 3.03. The minimum absolute atomic E-state index is 0.655. The highest BCUT2D eigenvalue weighted by Gasteiger charge is 2.18. The summed E-state index contributed by atoms with van der Waals surface area (Å²) >= 11 is 7.34. The van der Waals surface area contributed by atoms with Crippen LogP contribution in [0, 0.1) is 0 Å². The summed E-state index contributed by atoms with van der Waals surface area (Å²) in [7, 11) is 2.20. The minimum Gasteiger partial charge on any atom is -0.298 e. The van der Waals surface area contributed by atoms with Crippen molar-refractivity contribution in [2.45, 2.75) is 44.7 Å². The van der Waals surface area contributed by atoms with Gasteiger partial charge in [-0.2, -0.15) is 0 Å². The molecule has 0 aliphatic heterocycles. The Morgan fingerprint density at radius 1 is 1.47 bits per heavy atom. The first-order valence-corrected chi connectivity index (χ1v) is 6.81. The van der Waals surface area contributed by atoms with Crippen LogP contribution < -0.4 is 0 Å². The lowest BCUT2D eigenvalue weighted by Gasteiger charge is -2.30. The average molecular weight is 245 g/mol. The van der Waals surface area contributed by atoms with Crippen molar-refractivity contribution >= 4 is 22.9 Å². The third kappa shape index (κ3) is 3.16. The van der Waals surface area contributed by atoms with Gasteiger partial charge in [-0.25, -0.2) is 4.98 Å². The van der Waals surface area contributed by atoms with E-state index >= 15 is 0 Å². The van der Waals surface area contributed by atoms with Crippen molar-refractivity contribution in [3.8, 4) is 0 Å². The van der Waals surface area contributed by atoms with Crippen LogP contribution in [0.2, 0.25) is 4.47 Å². The van der Waals surface area contributed by atoms with Crippen molar-refractivity contribution < 1.29 is 0 Å². The first-order valence-electron chi connectivity index (χ1n) is 5.56. The van der Waals surface area contributed by atoms with Crippen LogP contribution in [0.25, 0.3) is 0 Å². The van der Waals surface area contributed by atoms with E-state index in [0.717, 1.165) is 18.3 Å². The van der Waals surface area contributed by atoms with Gasteiger partial charge < -0.3 is 0 Å². The number of halogens is 1. The predicted octanol–water partition coefficient (Wildman–Crippen LogP) is 3.56. The van der Waals surface area contributed by atoms with Crippen LogP contribution in [0.3, 0.4) is 0 Å². The molecular weight excluding hydrogens is 228 g/mol. The van der Waals surface area contributed by atoms with Gasteiger partial charge in [-0.3, -0.25) is 4.90 Å². The topological polar surface area (TPSA) is 16.1 Å². The Kier molecular flexibility index (Phi) is 4.00. The molecule has 1 aliphatic rings. The molecule has 1 aromatic rings. The summed E-state index contributed by atoms with van der Waals surface area (Å²) in [6.45, 7) is 0.938. The van der Waals surface area contributed by atoms with Gasteiger partial charge in [-0.15, -0.1) is 11.3 Å². The summed E-state index contributed by atoms with van der Waals surface area (Å²) in [6.07, 6.45) is 6.86. The second-order valence-corrected chi connectivity index (χ2v) is 5.74. The molecule has 0 saturated heterocycles. The smallest absolute Gasteiger partial charge is 0.183 e. The quantitative estimate of drug-likeness (QED) is 0.808. The zero-order valence-electron chi connectivity index (χ0n) is 9.08. The standard InChI is InChI=1S/C11H17ClN2S/c1-14(10-5-3-2-4-6-10)7-9-8-15-11(12)13-9/h8,10H,2-7H2,1H3. The number of aromatic nitrogens is 1. The second-order valence-electron chi connectivity index (χ2n) is 4.30. The highest BCUT2D eigenvalue weighted by atomic mass is 35.5. The number of hydrogen-bond acceptors (Lipinski definition) is 3. The maximum atomic E-state index is 5.82. The van der Waals surface area contributed by atoms with E-state index < -0.39 is 0 Å². The normalized spacial score (nSPS) is 18.6. The molecule has 0 atom stereocenters. The molecule has 0 N–H and O–H groups in total. The molecular formula is C11H17ClN2S. The van der Waals surface area contributed by atoms with E-state index in [-0.39, 0.29) is 0 Å². The molecule has 15 heavy (non-hydrogen) atoms. The van der Waals surface area contributed by atoms with Gasteiger partial charge in [-0.05, 0) is 19.9 Å². The Bertz CT molecular complexity index is 307. The summed E-state index contributed by atoms with van der Waals surface area (Å²) in [5, 5.41) is 2.06. The maximum Gasteiger partial charge on any atom is 0.183 e. The summed E-state index contributed by atoms with van der Waals surface area (Å²) in [5.41, 5.74) is 1.11. The zero-order valence-corrected chi connectivity index (χ0v) is 10.7.